The molecule has 52 valence electrons. The average molecular weight is 126 g/mol. The van der Waals surface area contributed by atoms with Crippen LogP contribution in [0.15, 0.2) is 12.2 Å². The van der Waals surface area contributed by atoms with Gasteiger partial charge in [0, 0.05) is 0 Å². The van der Waals surface area contributed by atoms with Gasteiger partial charge in [-0.3, -0.25) is 0 Å². The molecular weight excluding hydrogens is 112 g/mol. The summed E-state index contributed by atoms with van der Waals surface area (Å²) in [5.74, 6) is 0.727. The second kappa shape index (κ2) is 2.14. The Hall–Kier alpha value is -0.300. The first-order valence-electron chi connectivity index (χ1n) is 3.44. The molecule has 1 nitrogen and oxygen atoms in total. The molecule has 1 rings (SSSR count). The molecule has 1 heteroatoms. The Labute approximate surface area is 56.4 Å². The van der Waals surface area contributed by atoms with Crippen molar-refractivity contribution in [1.82, 2.24) is 0 Å². The fourth-order valence-corrected chi connectivity index (χ4v) is 1.06. The number of hydrogen-bond donors (Lipinski definition) is 1. The van der Waals surface area contributed by atoms with Crippen molar-refractivity contribution in [3.05, 3.63) is 12.2 Å². The van der Waals surface area contributed by atoms with Crippen LogP contribution in [0.3, 0.4) is 0 Å². The fraction of sp³-hybridized carbons (Fsp3) is 0.750. The predicted molar refractivity (Wildman–Crippen MR) is 38.1 cm³/mol. The summed E-state index contributed by atoms with van der Waals surface area (Å²) in [5.41, 5.74) is 0.520. The second-order valence-electron chi connectivity index (χ2n) is 3.41. The van der Waals surface area contributed by atoms with E-state index in [9.17, 15) is 0 Å². The van der Waals surface area contributed by atoms with Crippen LogP contribution in [-0.2, 0) is 0 Å². The first-order chi connectivity index (χ1) is 4.17. The average Bonchev–Trinajstić information content (AvgIpc) is 2.35. The van der Waals surface area contributed by atoms with Crippen LogP contribution >= 0.6 is 0 Å². The topological polar surface area (TPSA) is 20.2 Å². The molecule has 9 heavy (non-hydrogen) atoms. The Kier molecular flexibility index (Phi) is 1.62. The number of aliphatic hydroxyl groups is 1. The van der Waals surface area contributed by atoms with Gasteiger partial charge in [-0.2, -0.15) is 0 Å². The summed E-state index contributed by atoms with van der Waals surface area (Å²) < 4.78 is 0. The van der Waals surface area contributed by atoms with Gasteiger partial charge in [0.1, 0.15) is 0 Å². The van der Waals surface area contributed by atoms with E-state index in [0.717, 1.165) is 5.92 Å². The minimum atomic E-state index is 0.187. The Morgan fingerprint density at radius 2 is 2.22 bits per heavy atom. The Morgan fingerprint density at radius 3 is 2.56 bits per heavy atom. The van der Waals surface area contributed by atoms with Gasteiger partial charge in [-0.05, 0) is 17.8 Å². The molecule has 0 unspecified atom stereocenters. The van der Waals surface area contributed by atoms with Gasteiger partial charge in [-0.25, -0.2) is 0 Å². The van der Waals surface area contributed by atoms with Crippen LogP contribution in [-0.4, -0.2) is 11.7 Å². The molecule has 1 atom stereocenters. The lowest BCUT2D eigenvalue weighted by Crippen LogP contribution is -1.86. The van der Waals surface area contributed by atoms with Crippen molar-refractivity contribution in [3.8, 4) is 0 Å². The van der Waals surface area contributed by atoms with Gasteiger partial charge in [-0.1, -0.05) is 26.0 Å². The molecule has 1 saturated carbocycles. The molecule has 1 aliphatic carbocycles. The SMILES string of the molecule is CC1(C)C[C@@H]1C=CCO. The number of allylic oxidation sites excluding steroid dienone is 1. The van der Waals surface area contributed by atoms with Crippen LogP contribution in [0.4, 0.5) is 0 Å². The highest BCUT2D eigenvalue weighted by atomic mass is 16.2. The van der Waals surface area contributed by atoms with Gasteiger partial charge in [0.15, 0.2) is 0 Å². The lowest BCUT2D eigenvalue weighted by Gasteiger charge is -1.94. The molecule has 0 bridgehead atoms. The maximum absolute atomic E-state index is 8.43. The van der Waals surface area contributed by atoms with Crippen molar-refractivity contribution in [2.24, 2.45) is 11.3 Å². The molecule has 0 aromatic rings. The zero-order chi connectivity index (χ0) is 6.91. The van der Waals surface area contributed by atoms with Crippen LogP contribution in [0.5, 0.6) is 0 Å². The highest BCUT2D eigenvalue weighted by Gasteiger charge is 2.43. The van der Waals surface area contributed by atoms with E-state index >= 15 is 0 Å². The third-order valence-electron chi connectivity index (χ3n) is 2.06. The van der Waals surface area contributed by atoms with E-state index in [-0.39, 0.29) is 6.61 Å². The minimum absolute atomic E-state index is 0.187. The predicted octanol–water partition coefficient (Wildman–Crippen LogP) is 1.58. The molecule has 1 aliphatic rings. The van der Waals surface area contributed by atoms with E-state index in [0.29, 0.717) is 5.41 Å². The fourth-order valence-electron chi connectivity index (χ4n) is 1.06. The van der Waals surface area contributed by atoms with Crippen molar-refractivity contribution in [3.63, 3.8) is 0 Å². The van der Waals surface area contributed by atoms with Crippen LogP contribution < -0.4 is 0 Å². The summed E-state index contributed by atoms with van der Waals surface area (Å²) >= 11 is 0. The molecule has 0 spiro atoms. The van der Waals surface area contributed by atoms with E-state index < -0.39 is 0 Å². The summed E-state index contributed by atoms with van der Waals surface area (Å²) in [6.45, 7) is 4.69. The smallest absolute Gasteiger partial charge is 0.0612 e. The summed E-state index contributed by atoms with van der Waals surface area (Å²) in [4.78, 5) is 0. The van der Waals surface area contributed by atoms with Gasteiger partial charge in [-0.15, -0.1) is 0 Å². The first kappa shape index (κ1) is 6.81. The third kappa shape index (κ3) is 1.55. The van der Waals surface area contributed by atoms with E-state index in [1.54, 1.807) is 0 Å². The lowest BCUT2D eigenvalue weighted by atomic mass is 10.1. The zero-order valence-electron chi connectivity index (χ0n) is 6.09. The Balaban J connectivity index is 2.27. The maximum Gasteiger partial charge on any atom is 0.0612 e. The molecule has 0 aromatic heterocycles. The molecule has 0 amide bonds. The van der Waals surface area contributed by atoms with Gasteiger partial charge in [0.05, 0.1) is 6.61 Å². The quantitative estimate of drug-likeness (QED) is 0.557. The lowest BCUT2D eigenvalue weighted by molar-refractivity contribution is 0.342. The summed E-state index contributed by atoms with van der Waals surface area (Å²) in [5, 5.41) is 8.43. The summed E-state index contributed by atoms with van der Waals surface area (Å²) in [6, 6.07) is 0. The van der Waals surface area contributed by atoms with Gasteiger partial charge in [0.25, 0.3) is 0 Å². The number of hydrogen-bond acceptors (Lipinski definition) is 1. The third-order valence-corrected chi connectivity index (χ3v) is 2.06. The van der Waals surface area contributed by atoms with Crippen LogP contribution in [0.25, 0.3) is 0 Å². The van der Waals surface area contributed by atoms with E-state index in [2.05, 4.69) is 19.9 Å². The van der Waals surface area contributed by atoms with Crippen molar-refractivity contribution in [1.29, 1.82) is 0 Å². The number of rotatable bonds is 2. The van der Waals surface area contributed by atoms with Crippen molar-refractivity contribution >= 4 is 0 Å². The van der Waals surface area contributed by atoms with Crippen molar-refractivity contribution in [2.45, 2.75) is 20.3 Å². The largest absolute Gasteiger partial charge is 0.392 e. The standard InChI is InChI=1S/C8H14O/c1-8(2)6-7(8)4-3-5-9/h3-4,7,9H,5-6H2,1-2H3/t7-/m0/s1. The summed E-state index contributed by atoms with van der Waals surface area (Å²) in [6.07, 6.45) is 5.23. The molecule has 0 heterocycles. The molecule has 1 N–H and O–H groups in total. The summed E-state index contributed by atoms with van der Waals surface area (Å²) in [7, 11) is 0. The van der Waals surface area contributed by atoms with E-state index in [1.165, 1.54) is 6.42 Å². The minimum Gasteiger partial charge on any atom is -0.392 e. The molecule has 0 aromatic carbocycles. The van der Waals surface area contributed by atoms with Crippen LogP contribution in [0, 0.1) is 11.3 Å². The number of aliphatic hydroxyl groups excluding tert-OH is 1. The Bertz CT molecular complexity index is 125. The van der Waals surface area contributed by atoms with Gasteiger partial charge in [0.2, 0.25) is 0 Å². The first-order valence-corrected chi connectivity index (χ1v) is 3.44. The zero-order valence-corrected chi connectivity index (χ0v) is 6.09. The molecule has 0 saturated heterocycles. The highest BCUT2D eigenvalue weighted by Crippen LogP contribution is 2.52. The second-order valence-corrected chi connectivity index (χ2v) is 3.41. The van der Waals surface area contributed by atoms with Gasteiger partial charge >= 0.3 is 0 Å². The van der Waals surface area contributed by atoms with Crippen LogP contribution in [0.2, 0.25) is 0 Å². The normalized spacial score (nSPS) is 31.2. The van der Waals surface area contributed by atoms with Crippen LogP contribution in [0.1, 0.15) is 20.3 Å². The molecular formula is C8H14O. The van der Waals surface area contributed by atoms with Crippen molar-refractivity contribution < 1.29 is 5.11 Å². The maximum atomic E-state index is 8.43. The molecule has 0 radical (unpaired) electrons. The monoisotopic (exact) mass is 126 g/mol. The van der Waals surface area contributed by atoms with Gasteiger partial charge < -0.3 is 5.11 Å². The molecule has 1 fully saturated rings. The Morgan fingerprint density at radius 1 is 1.67 bits per heavy atom. The van der Waals surface area contributed by atoms with Crippen molar-refractivity contribution in [2.75, 3.05) is 6.61 Å². The highest BCUT2D eigenvalue weighted by molar-refractivity contribution is 5.07. The molecule has 0 aliphatic heterocycles. The van der Waals surface area contributed by atoms with E-state index in [1.807, 2.05) is 6.08 Å². The van der Waals surface area contributed by atoms with E-state index in [4.69, 9.17) is 5.11 Å².